The molecule has 2 heterocycles. The third kappa shape index (κ3) is 2.53. The summed E-state index contributed by atoms with van der Waals surface area (Å²) in [5, 5.41) is 12.9. The van der Waals surface area contributed by atoms with E-state index in [1.807, 2.05) is 38.1 Å². The Balaban J connectivity index is 1.94. The summed E-state index contributed by atoms with van der Waals surface area (Å²) in [6.45, 7) is 3.87. The molecule has 1 aliphatic rings. The van der Waals surface area contributed by atoms with E-state index in [4.69, 9.17) is 14.2 Å². The number of aromatic nitrogens is 1. The van der Waals surface area contributed by atoms with Crippen LogP contribution in [0.3, 0.4) is 0 Å². The molecule has 152 valence electrons. The minimum Gasteiger partial charge on any atom is -0.507 e. The second kappa shape index (κ2) is 6.16. The Hall–Kier alpha value is -3.67. The molecule has 0 atom stereocenters. The number of methoxy groups -OCH3 is 2. The molecule has 6 heteroatoms. The molecule has 0 fully saturated rings. The summed E-state index contributed by atoms with van der Waals surface area (Å²) in [6, 6.07) is 8.80. The quantitative estimate of drug-likeness (QED) is 0.473. The molecule has 4 aromatic rings. The monoisotopic (exact) mass is 403 g/mol. The zero-order chi connectivity index (χ0) is 21.2. The van der Waals surface area contributed by atoms with Gasteiger partial charge in [-0.3, -0.25) is 4.79 Å². The van der Waals surface area contributed by atoms with Crippen LogP contribution in [0, 0.1) is 0 Å². The minimum atomic E-state index is -0.496. The van der Waals surface area contributed by atoms with Gasteiger partial charge < -0.3 is 24.3 Å². The number of benzene rings is 3. The number of fused-ring (bicyclic) bond motifs is 5. The Kier molecular flexibility index (Phi) is 3.77. The number of rotatable bonds is 2. The second-order valence-electron chi connectivity index (χ2n) is 7.96. The van der Waals surface area contributed by atoms with Crippen molar-refractivity contribution in [3.63, 3.8) is 0 Å². The van der Waals surface area contributed by atoms with Crippen LogP contribution in [0.4, 0.5) is 0 Å². The van der Waals surface area contributed by atoms with Gasteiger partial charge in [0.1, 0.15) is 28.6 Å². The summed E-state index contributed by atoms with van der Waals surface area (Å²) in [7, 11) is 3.19. The van der Waals surface area contributed by atoms with Gasteiger partial charge in [0.25, 0.3) is 0 Å². The van der Waals surface area contributed by atoms with E-state index in [0.29, 0.717) is 33.7 Å². The summed E-state index contributed by atoms with van der Waals surface area (Å²) >= 11 is 0. The number of aromatic amines is 1. The van der Waals surface area contributed by atoms with Crippen molar-refractivity contribution in [3.8, 4) is 23.0 Å². The van der Waals surface area contributed by atoms with Crippen LogP contribution < -0.4 is 19.6 Å². The van der Waals surface area contributed by atoms with E-state index in [0.717, 1.165) is 16.3 Å². The topological polar surface area (TPSA) is 80.8 Å². The summed E-state index contributed by atoms with van der Waals surface area (Å²) in [6.07, 6.45) is 3.86. The highest BCUT2D eigenvalue weighted by Gasteiger charge is 2.26. The third-order valence-electron chi connectivity index (χ3n) is 5.58. The first-order valence-electron chi connectivity index (χ1n) is 9.61. The molecule has 0 spiro atoms. The highest BCUT2D eigenvalue weighted by molar-refractivity contribution is 6.07. The molecule has 0 aliphatic carbocycles. The molecule has 0 amide bonds. The van der Waals surface area contributed by atoms with Gasteiger partial charge in [-0.2, -0.15) is 0 Å². The van der Waals surface area contributed by atoms with Crippen molar-refractivity contribution >= 4 is 38.7 Å². The van der Waals surface area contributed by atoms with Crippen molar-refractivity contribution in [2.24, 2.45) is 0 Å². The summed E-state index contributed by atoms with van der Waals surface area (Å²) < 4.78 is 17.0. The minimum absolute atomic E-state index is 0.115. The first kappa shape index (κ1) is 18.4. The smallest absolute Gasteiger partial charge is 0.200 e. The van der Waals surface area contributed by atoms with Gasteiger partial charge in [-0.15, -0.1) is 0 Å². The van der Waals surface area contributed by atoms with Gasteiger partial charge in [0.2, 0.25) is 5.43 Å². The predicted molar refractivity (Wildman–Crippen MR) is 118 cm³/mol. The molecular weight excluding hydrogens is 382 g/mol. The molecule has 30 heavy (non-hydrogen) atoms. The van der Waals surface area contributed by atoms with Crippen LogP contribution in [0.5, 0.6) is 23.0 Å². The van der Waals surface area contributed by atoms with Crippen molar-refractivity contribution in [1.82, 2.24) is 4.98 Å². The lowest BCUT2D eigenvalue weighted by Crippen LogP contribution is -2.27. The lowest BCUT2D eigenvalue weighted by molar-refractivity contribution is 0.159. The molecule has 0 bridgehead atoms. The number of phenolic OH excluding ortho intramolecular Hbond substituents is 1. The lowest BCUT2D eigenvalue weighted by atomic mass is 9.97. The Morgan fingerprint density at radius 3 is 2.33 bits per heavy atom. The molecule has 0 unspecified atom stereocenters. The lowest BCUT2D eigenvalue weighted by Gasteiger charge is -2.28. The van der Waals surface area contributed by atoms with Crippen LogP contribution in [0.25, 0.3) is 38.7 Å². The van der Waals surface area contributed by atoms with Gasteiger partial charge in [0.05, 0.1) is 30.6 Å². The number of pyridine rings is 1. The van der Waals surface area contributed by atoms with Crippen molar-refractivity contribution in [2.75, 3.05) is 14.2 Å². The Bertz CT molecular complexity index is 1450. The normalized spacial score (nSPS) is 14.7. The van der Waals surface area contributed by atoms with Crippen molar-refractivity contribution in [1.29, 1.82) is 0 Å². The molecule has 5 rings (SSSR count). The van der Waals surface area contributed by atoms with Crippen LogP contribution in [-0.2, 0) is 0 Å². The number of hydrogen-bond acceptors (Lipinski definition) is 5. The van der Waals surface area contributed by atoms with Crippen LogP contribution in [0.2, 0.25) is 0 Å². The number of phenols is 1. The van der Waals surface area contributed by atoms with Crippen LogP contribution >= 0.6 is 0 Å². The summed E-state index contributed by atoms with van der Waals surface area (Å²) in [5.74, 6) is 1.73. The fraction of sp³-hybridized carbons (Fsp3) is 0.208. The van der Waals surface area contributed by atoms with Gasteiger partial charge >= 0.3 is 0 Å². The first-order chi connectivity index (χ1) is 14.3. The van der Waals surface area contributed by atoms with Crippen molar-refractivity contribution < 1.29 is 19.3 Å². The number of H-pyrrole nitrogens is 1. The van der Waals surface area contributed by atoms with E-state index < -0.39 is 5.60 Å². The Morgan fingerprint density at radius 1 is 1.00 bits per heavy atom. The third-order valence-corrected chi connectivity index (χ3v) is 5.58. The number of nitrogens with one attached hydrogen (secondary N) is 1. The van der Waals surface area contributed by atoms with Gasteiger partial charge in [0.15, 0.2) is 0 Å². The molecule has 0 saturated heterocycles. The highest BCUT2D eigenvalue weighted by atomic mass is 16.5. The zero-order valence-corrected chi connectivity index (χ0v) is 17.1. The second-order valence-corrected chi connectivity index (χ2v) is 7.96. The van der Waals surface area contributed by atoms with E-state index in [-0.39, 0.29) is 16.6 Å². The molecule has 3 aromatic carbocycles. The average molecular weight is 403 g/mol. The molecule has 1 aromatic heterocycles. The molecule has 0 radical (unpaired) electrons. The summed E-state index contributed by atoms with van der Waals surface area (Å²) in [5.41, 5.74) is 1.15. The van der Waals surface area contributed by atoms with E-state index in [9.17, 15) is 9.90 Å². The number of ether oxygens (including phenoxy) is 3. The standard InChI is InChI=1S/C24H21NO5/c1-24(2)8-7-12-20(30-24)11-17(26)21-22(12)25-16-10-14-13(9-15(16)23(21)27)18(28-3)5-6-19(14)29-4/h5-11,26H,1-4H3,(H,25,27). The average Bonchev–Trinajstić information content (AvgIpc) is 2.70. The summed E-state index contributed by atoms with van der Waals surface area (Å²) in [4.78, 5) is 16.7. The number of hydrogen-bond donors (Lipinski definition) is 2. The van der Waals surface area contributed by atoms with E-state index in [2.05, 4.69) is 4.98 Å². The van der Waals surface area contributed by atoms with E-state index in [1.54, 1.807) is 26.4 Å². The largest absolute Gasteiger partial charge is 0.507 e. The molecule has 0 saturated carbocycles. The van der Waals surface area contributed by atoms with E-state index >= 15 is 0 Å². The Labute approximate surface area is 172 Å². The fourth-order valence-corrected chi connectivity index (χ4v) is 4.13. The molecule has 1 aliphatic heterocycles. The van der Waals surface area contributed by atoms with Crippen LogP contribution in [0.15, 0.2) is 41.2 Å². The van der Waals surface area contributed by atoms with Gasteiger partial charge in [-0.25, -0.2) is 0 Å². The molecule has 6 nitrogen and oxygen atoms in total. The van der Waals surface area contributed by atoms with Gasteiger partial charge in [-0.1, -0.05) is 0 Å². The maximum Gasteiger partial charge on any atom is 0.200 e. The van der Waals surface area contributed by atoms with Crippen LogP contribution in [0.1, 0.15) is 19.4 Å². The molecule has 2 N–H and O–H groups in total. The van der Waals surface area contributed by atoms with Crippen molar-refractivity contribution in [2.45, 2.75) is 19.4 Å². The highest BCUT2D eigenvalue weighted by Crippen LogP contribution is 2.40. The van der Waals surface area contributed by atoms with Gasteiger partial charge in [0, 0.05) is 27.8 Å². The van der Waals surface area contributed by atoms with Crippen molar-refractivity contribution in [3.05, 3.63) is 52.2 Å². The first-order valence-corrected chi connectivity index (χ1v) is 9.61. The van der Waals surface area contributed by atoms with E-state index in [1.165, 1.54) is 6.07 Å². The maximum absolute atomic E-state index is 13.4. The predicted octanol–water partition coefficient (Wildman–Crippen LogP) is 4.74. The SMILES string of the molecule is COc1ccc(OC)c2cc3c(=O)c4c(O)cc5c(c4[nH]c3cc12)C=CC(C)(C)O5. The van der Waals surface area contributed by atoms with Crippen LogP contribution in [-0.4, -0.2) is 29.9 Å². The Morgan fingerprint density at radius 2 is 1.67 bits per heavy atom. The van der Waals surface area contributed by atoms with Gasteiger partial charge in [-0.05, 0) is 50.3 Å². The number of aromatic hydroxyl groups is 1. The fourth-order valence-electron chi connectivity index (χ4n) is 4.13. The maximum atomic E-state index is 13.4. The zero-order valence-electron chi connectivity index (χ0n) is 17.1. The molecular formula is C24H21NO5.